The minimum atomic E-state index is -1.11. The van der Waals surface area contributed by atoms with Gasteiger partial charge >= 0.3 is 5.97 Å². The number of hydrogen-bond acceptors (Lipinski definition) is 2. The fourth-order valence-corrected chi connectivity index (χ4v) is 2.32. The van der Waals surface area contributed by atoms with Crippen molar-refractivity contribution in [3.8, 4) is 0 Å². The molecule has 0 saturated heterocycles. The molecular formula is C16H21F2NO3. The topological polar surface area (TPSA) is 66.4 Å². The first-order chi connectivity index (χ1) is 10.3. The highest BCUT2D eigenvalue weighted by Crippen LogP contribution is 2.15. The Hall–Kier alpha value is -1.98. The summed E-state index contributed by atoms with van der Waals surface area (Å²) >= 11 is 0. The molecule has 0 radical (unpaired) electrons. The van der Waals surface area contributed by atoms with E-state index in [1.165, 1.54) is 0 Å². The number of hydrogen-bond donors (Lipinski definition) is 2. The molecular weight excluding hydrogens is 292 g/mol. The van der Waals surface area contributed by atoms with Crippen molar-refractivity contribution in [1.29, 1.82) is 0 Å². The molecule has 0 heterocycles. The molecule has 2 N–H and O–H groups in total. The summed E-state index contributed by atoms with van der Waals surface area (Å²) in [6.45, 7) is 3.93. The summed E-state index contributed by atoms with van der Waals surface area (Å²) in [4.78, 5) is 23.1. The van der Waals surface area contributed by atoms with Crippen LogP contribution >= 0.6 is 0 Å². The third-order valence-electron chi connectivity index (χ3n) is 3.64. The van der Waals surface area contributed by atoms with Crippen molar-refractivity contribution in [1.82, 2.24) is 5.32 Å². The van der Waals surface area contributed by atoms with Gasteiger partial charge in [-0.1, -0.05) is 26.7 Å². The van der Waals surface area contributed by atoms with E-state index >= 15 is 0 Å². The number of carbonyl (C=O) groups is 2. The fourth-order valence-electron chi connectivity index (χ4n) is 2.32. The van der Waals surface area contributed by atoms with E-state index in [0.717, 1.165) is 25.0 Å². The molecule has 22 heavy (non-hydrogen) atoms. The lowest BCUT2D eigenvalue weighted by Gasteiger charge is -2.19. The average Bonchev–Trinajstić information content (AvgIpc) is 2.41. The number of carboxylic acid groups (broad SMARTS) is 1. The van der Waals surface area contributed by atoms with Crippen molar-refractivity contribution >= 4 is 11.9 Å². The van der Waals surface area contributed by atoms with Gasteiger partial charge in [0.05, 0.1) is 6.42 Å². The SMILES string of the molecule is CCC(CC)C[C@H](NC(=O)Cc1cc(F)cc(F)c1)C(=O)O. The third-order valence-corrected chi connectivity index (χ3v) is 3.64. The zero-order valence-corrected chi connectivity index (χ0v) is 12.7. The fraction of sp³-hybridized carbons (Fsp3) is 0.500. The number of nitrogens with one attached hydrogen (secondary N) is 1. The molecule has 0 aromatic heterocycles. The van der Waals surface area contributed by atoms with Crippen LogP contribution in [0.4, 0.5) is 8.78 Å². The van der Waals surface area contributed by atoms with E-state index in [-0.39, 0.29) is 17.9 Å². The lowest BCUT2D eigenvalue weighted by molar-refractivity contribution is -0.142. The van der Waals surface area contributed by atoms with Crippen molar-refractivity contribution in [3.05, 3.63) is 35.4 Å². The number of aliphatic carboxylic acids is 1. The molecule has 122 valence electrons. The highest BCUT2D eigenvalue weighted by molar-refractivity contribution is 5.84. The van der Waals surface area contributed by atoms with Gasteiger partial charge in [-0.05, 0) is 30.0 Å². The Morgan fingerprint density at radius 2 is 1.68 bits per heavy atom. The second-order valence-corrected chi connectivity index (χ2v) is 5.33. The van der Waals surface area contributed by atoms with Crippen molar-refractivity contribution in [2.45, 2.75) is 45.6 Å². The van der Waals surface area contributed by atoms with E-state index in [4.69, 9.17) is 0 Å². The molecule has 1 aromatic rings. The smallest absolute Gasteiger partial charge is 0.326 e. The molecule has 0 unspecified atom stereocenters. The van der Waals surface area contributed by atoms with Gasteiger partial charge in [0.25, 0.3) is 0 Å². The Bertz CT molecular complexity index is 510. The van der Waals surface area contributed by atoms with Crippen LogP contribution in [0.3, 0.4) is 0 Å². The zero-order valence-electron chi connectivity index (χ0n) is 12.7. The first-order valence-electron chi connectivity index (χ1n) is 7.32. The Kier molecular flexibility index (Phi) is 6.95. The number of rotatable bonds is 8. The number of carbonyl (C=O) groups excluding carboxylic acids is 1. The van der Waals surface area contributed by atoms with Gasteiger partial charge in [-0.25, -0.2) is 13.6 Å². The van der Waals surface area contributed by atoms with E-state index < -0.39 is 29.6 Å². The molecule has 1 aromatic carbocycles. The summed E-state index contributed by atoms with van der Waals surface area (Å²) in [6, 6.07) is 1.84. The van der Waals surface area contributed by atoms with E-state index in [2.05, 4.69) is 5.32 Å². The molecule has 0 fully saturated rings. The summed E-state index contributed by atoms with van der Waals surface area (Å²) in [5.41, 5.74) is 0.168. The van der Waals surface area contributed by atoms with Gasteiger partial charge in [-0.3, -0.25) is 4.79 Å². The van der Waals surface area contributed by atoms with Gasteiger partial charge in [-0.15, -0.1) is 0 Å². The summed E-state index contributed by atoms with van der Waals surface area (Å²) in [5, 5.41) is 11.6. The van der Waals surface area contributed by atoms with Crippen LogP contribution in [0.2, 0.25) is 0 Å². The molecule has 0 saturated carbocycles. The lowest BCUT2D eigenvalue weighted by Crippen LogP contribution is -2.42. The number of carboxylic acids is 1. The third kappa shape index (κ3) is 5.79. The maximum absolute atomic E-state index is 13.1. The van der Waals surface area contributed by atoms with Crippen LogP contribution in [0, 0.1) is 17.6 Å². The highest BCUT2D eigenvalue weighted by atomic mass is 19.1. The van der Waals surface area contributed by atoms with Gasteiger partial charge in [0, 0.05) is 6.07 Å². The molecule has 0 spiro atoms. The van der Waals surface area contributed by atoms with E-state index in [0.29, 0.717) is 12.5 Å². The van der Waals surface area contributed by atoms with Crippen molar-refractivity contribution in [2.24, 2.45) is 5.92 Å². The molecule has 0 aliphatic carbocycles. The first kappa shape index (κ1) is 18.1. The van der Waals surface area contributed by atoms with Crippen LogP contribution in [0.15, 0.2) is 18.2 Å². The summed E-state index contributed by atoms with van der Waals surface area (Å²) in [7, 11) is 0. The maximum Gasteiger partial charge on any atom is 0.326 e. The summed E-state index contributed by atoms with van der Waals surface area (Å²) in [6.07, 6.45) is 1.73. The van der Waals surface area contributed by atoms with Gasteiger partial charge in [0.2, 0.25) is 5.91 Å². The predicted molar refractivity (Wildman–Crippen MR) is 78.3 cm³/mol. The van der Waals surface area contributed by atoms with Gasteiger partial charge in [-0.2, -0.15) is 0 Å². The highest BCUT2D eigenvalue weighted by Gasteiger charge is 2.23. The van der Waals surface area contributed by atoms with Crippen molar-refractivity contribution in [2.75, 3.05) is 0 Å². The zero-order chi connectivity index (χ0) is 16.7. The molecule has 4 nitrogen and oxygen atoms in total. The van der Waals surface area contributed by atoms with Crippen LogP contribution in [0.5, 0.6) is 0 Å². The number of halogens is 2. The summed E-state index contributed by atoms with van der Waals surface area (Å²) in [5.74, 6) is -3.01. The van der Waals surface area contributed by atoms with Crippen LogP contribution in [0.1, 0.15) is 38.7 Å². The molecule has 0 aliphatic rings. The van der Waals surface area contributed by atoms with Crippen molar-refractivity contribution < 1.29 is 23.5 Å². The number of amides is 1. The normalized spacial score (nSPS) is 12.2. The second-order valence-electron chi connectivity index (χ2n) is 5.33. The van der Waals surface area contributed by atoms with Crippen LogP contribution in [-0.4, -0.2) is 23.0 Å². The van der Waals surface area contributed by atoms with E-state index in [1.807, 2.05) is 13.8 Å². The molecule has 1 rings (SSSR count). The second kappa shape index (κ2) is 8.46. The standard InChI is InChI=1S/C16H21F2NO3/c1-3-10(4-2)7-14(16(21)22)19-15(20)8-11-5-12(17)9-13(18)6-11/h5-6,9-10,14H,3-4,7-8H2,1-2H3,(H,19,20)(H,21,22)/t14-/m0/s1. The van der Waals surface area contributed by atoms with Crippen molar-refractivity contribution in [3.63, 3.8) is 0 Å². The Balaban J connectivity index is 2.69. The largest absolute Gasteiger partial charge is 0.480 e. The van der Waals surface area contributed by atoms with E-state index in [1.54, 1.807) is 0 Å². The van der Waals surface area contributed by atoms with Gasteiger partial charge < -0.3 is 10.4 Å². The summed E-state index contributed by atoms with van der Waals surface area (Å²) < 4.78 is 26.1. The minimum Gasteiger partial charge on any atom is -0.480 e. The maximum atomic E-state index is 13.1. The average molecular weight is 313 g/mol. The van der Waals surface area contributed by atoms with Crippen LogP contribution in [-0.2, 0) is 16.0 Å². The van der Waals surface area contributed by atoms with E-state index in [9.17, 15) is 23.5 Å². The molecule has 1 amide bonds. The molecule has 0 bridgehead atoms. The monoisotopic (exact) mass is 313 g/mol. The Morgan fingerprint density at radius 3 is 2.14 bits per heavy atom. The Morgan fingerprint density at radius 1 is 1.14 bits per heavy atom. The first-order valence-corrected chi connectivity index (χ1v) is 7.32. The van der Waals surface area contributed by atoms with Crippen LogP contribution in [0.25, 0.3) is 0 Å². The molecule has 1 atom stereocenters. The molecule has 6 heteroatoms. The quantitative estimate of drug-likeness (QED) is 0.775. The minimum absolute atomic E-state index is 0.168. The molecule has 0 aliphatic heterocycles. The van der Waals surface area contributed by atoms with Gasteiger partial charge in [0.1, 0.15) is 17.7 Å². The predicted octanol–water partition coefficient (Wildman–Crippen LogP) is 2.90. The number of benzene rings is 1. The lowest BCUT2D eigenvalue weighted by atomic mass is 9.94. The van der Waals surface area contributed by atoms with Gasteiger partial charge in [0.15, 0.2) is 0 Å². The van der Waals surface area contributed by atoms with Crippen LogP contribution < -0.4 is 5.32 Å². The Labute approximate surface area is 128 Å².